The summed E-state index contributed by atoms with van der Waals surface area (Å²) in [6, 6.07) is 0.194. The van der Waals surface area contributed by atoms with Gasteiger partial charge in [-0.3, -0.25) is 9.69 Å². The predicted octanol–water partition coefficient (Wildman–Crippen LogP) is 2.23. The van der Waals surface area contributed by atoms with E-state index < -0.39 is 5.97 Å². The number of morpholine rings is 1. The predicted molar refractivity (Wildman–Crippen MR) is 74.1 cm³/mol. The first kappa shape index (κ1) is 14.8. The Balaban J connectivity index is 2.10. The summed E-state index contributed by atoms with van der Waals surface area (Å²) >= 11 is 0. The highest BCUT2D eigenvalue weighted by Gasteiger charge is 2.41. The van der Waals surface area contributed by atoms with Gasteiger partial charge < -0.3 is 9.84 Å². The number of carbonyl (C=O) groups is 1. The highest BCUT2D eigenvalue weighted by molar-refractivity contribution is 5.71. The summed E-state index contributed by atoms with van der Waals surface area (Å²) in [6.07, 6.45) is 2.88. The van der Waals surface area contributed by atoms with Gasteiger partial charge in [-0.2, -0.15) is 0 Å². The molecule has 2 aliphatic rings. The van der Waals surface area contributed by atoms with Crippen LogP contribution in [0.3, 0.4) is 0 Å². The van der Waals surface area contributed by atoms with E-state index in [-0.39, 0.29) is 17.4 Å². The molecule has 1 N–H and O–H groups in total. The number of aliphatic carboxylic acids is 1. The van der Waals surface area contributed by atoms with Gasteiger partial charge in [0, 0.05) is 19.1 Å². The van der Waals surface area contributed by atoms with E-state index in [9.17, 15) is 9.90 Å². The van der Waals surface area contributed by atoms with E-state index in [1.54, 1.807) is 0 Å². The van der Waals surface area contributed by atoms with E-state index in [0.717, 1.165) is 45.6 Å². The number of ether oxygens (including phenoxy) is 1. The quantitative estimate of drug-likeness (QED) is 0.835. The molecule has 1 saturated carbocycles. The topological polar surface area (TPSA) is 49.8 Å². The molecule has 110 valence electrons. The van der Waals surface area contributed by atoms with Gasteiger partial charge in [0.25, 0.3) is 0 Å². The standard InChI is InChI=1S/C15H27NO3/c1-15(2,3)11-4-5-12(14(17)18)13(10-11)16-6-8-19-9-7-16/h11-13H,4-10H2,1-3H3,(H,17,18). The van der Waals surface area contributed by atoms with Crippen molar-refractivity contribution in [1.29, 1.82) is 0 Å². The van der Waals surface area contributed by atoms with E-state index >= 15 is 0 Å². The van der Waals surface area contributed by atoms with Gasteiger partial charge in [-0.1, -0.05) is 20.8 Å². The van der Waals surface area contributed by atoms with Crippen LogP contribution < -0.4 is 0 Å². The van der Waals surface area contributed by atoms with E-state index in [1.807, 2.05) is 0 Å². The zero-order chi connectivity index (χ0) is 14.0. The first-order chi connectivity index (χ1) is 8.89. The highest BCUT2D eigenvalue weighted by Crippen LogP contribution is 2.41. The minimum Gasteiger partial charge on any atom is -0.481 e. The van der Waals surface area contributed by atoms with Gasteiger partial charge >= 0.3 is 5.97 Å². The number of hydrogen-bond acceptors (Lipinski definition) is 3. The summed E-state index contributed by atoms with van der Waals surface area (Å²) in [6.45, 7) is 10.1. The van der Waals surface area contributed by atoms with Crippen LogP contribution in [0.1, 0.15) is 40.0 Å². The molecule has 1 saturated heterocycles. The lowest BCUT2D eigenvalue weighted by Gasteiger charge is -2.45. The van der Waals surface area contributed by atoms with E-state index in [1.165, 1.54) is 0 Å². The summed E-state index contributed by atoms with van der Waals surface area (Å²) in [5, 5.41) is 9.47. The Morgan fingerprint density at radius 2 is 1.84 bits per heavy atom. The summed E-state index contributed by atoms with van der Waals surface area (Å²) in [4.78, 5) is 13.9. The summed E-state index contributed by atoms with van der Waals surface area (Å²) < 4.78 is 5.39. The SMILES string of the molecule is CC(C)(C)C1CCC(C(=O)O)C(N2CCOCC2)C1. The monoisotopic (exact) mass is 269 g/mol. The third kappa shape index (κ3) is 3.48. The average molecular weight is 269 g/mol. The Bertz CT molecular complexity index is 318. The molecule has 0 aromatic rings. The van der Waals surface area contributed by atoms with Crippen molar-refractivity contribution in [3.05, 3.63) is 0 Å². The Morgan fingerprint density at radius 1 is 1.21 bits per heavy atom. The normalized spacial score (nSPS) is 34.2. The van der Waals surface area contributed by atoms with E-state index in [4.69, 9.17) is 4.74 Å². The fourth-order valence-electron chi connectivity index (χ4n) is 3.53. The molecule has 4 nitrogen and oxygen atoms in total. The third-order valence-electron chi connectivity index (χ3n) is 4.87. The Hall–Kier alpha value is -0.610. The number of carboxylic acid groups (broad SMARTS) is 1. The van der Waals surface area contributed by atoms with E-state index in [2.05, 4.69) is 25.7 Å². The second kappa shape index (κ2) is 5.80. The minimum atomic E-state index is -0.621. The first-order valence-corrected chi connectivity index (χ1v) is 7.44. The maximum Gasteiger partial charge on any atom is 0.308 e. The zero-order valence-corrected chi connectivity index (χ0v) is 12.4. The van der Waals surface area contributed by atoms with Crippen LogP contribution in [-0.4, -0.2) is 48.3 Å². The van der Waals surface area contributed by atoms with Crippen LogP contribution >= 0.6 is 0 Å². The lowest BCUT2D eigenvalue weighted by molar-refractivity contribution is -0.148. The molecule has 19 heavy (non-hydrogen) atoms. The number of rotatable bonds is 2. The van der Waals surface area contributed by atoms with Crippen molar-refractivity contribution in [2.75, 3.05) is 26.3 Å². The molecule has 1 aliphatic heterocycles. The van der Waals surface area contributed by atoms with Crippen LogP contribution in [0.2, 0.25) is 0 Å². The highest BCUT2D eigenvalue weighted by atomic mass is 16.5. The maximum absolute atomic E-state index is 11.5. The summed E-state index contributed by atoms with van der Waals surface area (Å²) in [5.41, 5.74) is 0.272. The molecule has 1 aliphatic carbocycles. The molecular formula is C15H27NO3. The second-order valence-electron chi connectivity index (χ2n) is 7.04. The molecule has 0 spiro atoms. The minimum absolute atomic E-state index is 0.194. The van der Waals surface area contributed by atoms with Gasteiger partial charge in [-0.05, 0) is 30.6 Å². The molecule has 3 unspecified atom stereocenters. The lowest BCUT2D eigenvalue weighted by Crippen LogP contribution is -2.52. The third-order valence-corrected chi connectivity index (χ3v) is 4.87. The van der Waals surface area contributed by atoms with Gasteiger partial charge in [0.1, 0.15) is 0 Å². The second-order valence-corrected chi connectivity index (χ2v) is 7.04. The van der Waals surface area contributed by atoms with Crippen LogP contribution in [0.5, 0.6) is 0 Å². The number of hydrogen-bond donors (Lipinski definition) is 1. The molecule has 0 aromatic carbocycles. The summed E-state index contributed by atoms with van der Waals surface area (Å²) in [5.74, 6) is -0.198. The van der Waals surface area contributed by atoms with Crippen molar-refractivity contribution in [2.45, 2.75) is 46.1 Å². The Morgan fingerprint density at radius 3 is 2.37 bits per heavy atom. The largest absolute Gasteiger partial charge is 0.481 e. The average Bonchev–Trinajstić information content (AvgIpc) is 2.38. The Kier molecular flexibility index (Phi) is 4.51. The van der Waals surface area contributed by atoms with Crippen molar-refractivity contribution < 1.29 is 14.6 Å². The van der Waals surface area contributed by atoms with E-state index in [0.29, 0.717) is 5.92 Å². The zero-order valence-electron chi connectivity index (χ0n) is 12.4. The van der Waals surface area contributed by atoms with Crippen molar-refractivity contribution in [3.8, 4) is 0 Å². The fraction of sp³-hybridized carbons (Fsp3) is 0.933. The lowest BCUT2D eigenvalue weighted by atomic mass is 9.67. The molecule has 1 heterocycles. The van der Waals surface area contributed by atoms with Crippen LogP contribution in [0.4, 0.5) is 0 Å². The van der Waals surface area contributed by atoms with Crippen LogP contribution in [0.25, 0.3) is 0 Å². The molecule has 4 heteroatoms. The molecule has 3 atom stereocenters. The first-order valence-electron chi connectivity index (χ1n) is 7.44. The van der Waals surface area contributed by atoms with Crippen LogP contribution in [0.15, 0.2) is 0 Å². The van der Waals surface area contributed by atoms with Gasteiger partial charge in [-0.15, -0.1) is 0 Å². The van der Waals surface area contributed by atoms with Crippen molar-refractivity contribution in [3.63, 3.8) is 0 Å². The van der Waals surface area contributed by atoms with Gasteiger partial charge in [0.15, 0.2) is 0 Å². The Labute approximate surface area is 116 Å². The van der Waals surface area contributed by atoms with Crippen LogP contribution in [0, 0.1) is 17.3 Å². The molecule has 2 rings (SSSR count). The van der Waals surface area contributed by atoms with Gasteiger partial charge in [0.2, 0.25) is 0 Å². The smallest absolute Gasteiger partial charge is 0.308 e. The number of carboxylic acids is 1. The van der Waals surface area contributed by atoms with Gasteiger partial charge in [0.05, 0.1) is 19.1 Å². The molecule has 0 amide bonds. The molecule has 2 fully saturated rings. The fourth-order valence-corrected chi connectivity index (χ4v) is 3.53. The summed E-state index contributed by atoms with van der Waals surface area (Å²) in [7, 11) is 0. The van der Waals surface area contributed by atoms with Crippen LogP contribution in [-0.2, 0) is 9.53 Å². The molecule has 0 aromatic heterocycles. The van der Waals surface area contributed by atoms with Crippen molar-refractivity contribution in [1.82, 2.24) is 4.90 Å². The van der Waals surface area contributed by atoms with Crippen molar-refractivity contribution in [2.24, 2.45) is 17.3 Å². The van der Waals surface area contributed by atoms with Crippen molar-refractivity contribution >= 4 is 5.97 Å². The van der Waals surface area contributed by atoms with Gasteiger partial charge in [-0.25, -0.2) is 0 Å². The number of nitrogens with zero attached hydrogens (tertiary/aromatic N) is 1. The molecule has 0 bridgehead atoms. The maximum atomic E-state index is 11.5. The molecule has 0 radical (unpaired) electrons. The molecular weight excluding hydrogens is 242 g/mol.